The fraction of sp³-hybridized carbons (Fsp3) is 0.571. The van der Waals surface area contributed by atoms with Crippen LogP contribution in [0.2, 0.25) is 0 Å². The summed E-state index contributed by atoms with van der Waals surface area (Å²) in [6, 6.07) is 3.02. The first-order valence-electron chi connectivity index (χ1n) is 6.82. The Balaban J connectivity index is 2.23. The number of phenolic OH excluding ortho intramolecular Hbond substituents is 1. The fourth-order valence-corrected chi connectivity index (χ4v) is 2.71. The number of ether oxygens (including phenoxy) is 2. The van der Waals surface area contributed by atoms with Gasteiger partial charge >= 0.3 is 5.69 Å². The molecule has 0 bridgehead atoms. The molecule has 0 spiro atoms. The Kier molecular flexibility index (Phi) is 4.64. The predicted octanol–water partition coefficient (Wildman–Crippen LogP) is 1.92. The van der Waals surface area contributed by atoms with Crippen molar-refractivity contribution in [1.29, 1.82) is 0 Å². The molecule has 21 heavy (non-hydrogen) atoms. The molecule has 1 aliphatic rings. The first kappa shape index (κ1) is 15.5. The molecular formula is C14H20N2O5. The summed E-state index contributed by atoms with van der Waals surface area (Å²) in [6.07, 6.45) is 0.255. The van der Waals surface area contributed by atoms with E-state index in [1.165, 1.54) is 13.2 Å². The molecule has 1 N–H and O–H groups in total. The number of methoxy groups -OCH3 is 1. The highest BCUT2D eigenvalue weighted by atomic mass is 16.6. The van der Waals surface area contributed by atoms with E-state index in [1.807, 2.05) is 13.8 Å². The highest BCUT2D eigenvalue weighted by Crippen LogP contribution is 2.37. The molecule has 2 rings (SSSR count). The van der Waals surface area contributed by atoms with Crippen LogP contribution in [0, 0.1) is 10.1 Å². The summed E-state index contributed by atoms with van der Waals surface area (Å²) in [6.45, 7) is 6.09. The first-order valence-corrected chi connectivity index (χ1v) is 6.82. The number of nitro groups is 1. The van der Waals surface area contributed by atoms with Crippen molar-refractivity contribution in [2.75, 3.05) is 20.2 Å². The van der Waals surface area contributed by atoms with E-state index in [2.05, 4.69) is 4.90 Å². The molecule has 1 heterocycles. The van der Waals surface area contributed by atoms with Crippen molar-refractivity contribution < 1.29 is 19.5 Å². The van der Waals surface area contributed by atoms with Crippen molar-refractivity contribution in [3.63, 3.8) is 0 Å². The first-order chi connectivity index (χ1) is 9.90. The van der Waals surface area contributed by atoms with E-state index >= 15 is 0 Å². The average molecular weight is 296 g/mol. The van der Waals surface area contributed by atoms with Crippen molar-refractivity contribution in [3.05, 3.63) is 27.8 Å². The van der Waals surface area contributed by atoms with Crippen LogP contribution in [0.1, 0.15) is 19.4 Å². The molecule has 1 fully saturated rings. The van der Waals surface area contributed by atoms with Gasteiger partial charge in [0.2, 0.25) is 5.75 Å². The molecule has 116 valence electrons. The quantitative estimate of drug-likeness (QED) is 0.675. The third-order valence-electron chi connectivity index (χ3n) is 3.43. The number of nitro benzene ring substituents is 1. The zero-order valence-electron chi connectivity index (χ0n) is 12.4. The Labute approximate surface area is 123 Å². The maximum absolute atomic E-state index is 11.0. The van der Waals surface area contributed by atoms with E-state index in [4.69, 9.17) is 9.47 Å². The zero-order chi connectivity index (χ0) is 15.6. The van der Waals surface area contributed by atoms with E-state index in [-0.39, 0.29) is 23.6 Å². The lowest BCUT2D eigenvalue weighted by Gasteiger charge is -2.35. The van der Waals surface area contributed by atoms with E-state index < -0.39 is 10.7 Å². The highest BCUT2D eigenvalue weighted by Gasteiger charge is 2.24. The standard InChI is InChI=1S/C14H20N2O5/c1-9-6-15(7-10(2)21-9)8-11-4-12(16(18)19)14(17)13(5-11)20-3/h4-5,9-10,17H,6-8H2,1-3H3. The van der Waals surface area contributed by atoms with Gasteiger partial charge in [-0.15, -0.1) is 0 Å². The lowest BCUT2D eigenvalue weighted by molar-refractivity contribution is -0.386. The second kappa shape index (κ2) is 6.28. The normalized spacial score (nSPS) is 23.0. The predicted molar refractivity (Wildman–Crippen MR) is 76.6 cm³/mol. The van der Waals surface area contributed by atoms with Crippen molar-refractivity contribution >= 4 is 5.69 Å². The molecule has 2 unspecified atom stereocenters. The van der Waals surface area contributed by atoms with Gasteiger partial charge in [-0.05, 0) is 25.5 Å². The molecule has 1 aromatic carbocycles. The Morgan fingerprint density at radius 2 is 2.05 bits per heavy atom. The number of hydrogen-bond acceptors (Lipinski definition) is 6. The molecule has 2 atom stereocenters. The molecule has 0 aliphatic carbocycles. The van der Waals surface area contributed by atoms with E-state index in [0.717, 1.165) is 18.7 Å². The molecule has 0 amide bonds. The van der Waals surface area contributed by atoms with Gasteiger partial charge in [0.15, 0.2) is 5.75 Å². The minimum Gasteiger partial charge on any atom is -0.500 e. The van der Waals surface area contributed by atoms with E-state index in [0.29, 0.717) is 6.54 Å². The van der Waals surface area contributed by atoms with Crippen molar-refractivity contribution in [2.24, 2.45) is 0 Å². The van der Waals surface area contributed by atoms with Crippen LogP contribution in [0.5, 0.6) is 11.5 Å². The van der Waals surface area contributed by atoms with Gasteiger partial charge in [0.25, 0.3) is 0 Å². The van der Waals surface area contributed by atoms with Crippen LogP contribution in [-0.2, 0) is 11.3 Å². The lowest BCUT2D eigenvalue weighted by Crippen LogP contribution is -2.44. The van der Waals surface area contributed by atoms with Crippen molar-refractivity contribution in [2.45, 2.75) is 32.6 Å². The van der Waals surface area contributed by atoms with Gasteiger partial charge in [0, 0.05) is 25.7 Å². The monoisotopic (exact) mass is 296 g/mol. The Morgan fingerprint density at radius 3 is 2.57 bits per heavy atom. The third-order valence-corrected chi connectivity index (χ3v) is 3.43. The largest absolute Gasteiger partial charge is 0.500 e. The Bertz CT molecular complexity index is 524. The Hall–Kier alpha value is -1.86. The summed E-state index contributed by atoms with van der Waals surface area (Å²) in [7, 11) is 1.38. The summed E-state index contributed by atoms with van der Waals surface area (Å²) < 4.78 is 10.7. The van der Waals surface area contributed by atoms with Gasteiger partial charge in [-0.3, -0.25) is 15.0 Å². The molecule has 1 aliphatic heterocycles. The van der Waals surface area contributed by atoms with E-state index in [9.17, 15) is 15.2 Å². The van der Waals surface area contributed by atoms with Crippen LogP contribution in [0.4, 0.5) is 5.69 Å². The van der Waals surface area contributed by atoms with Gasteiger partial charge in [0.1, 0.15) is 0 Å². The summed E-state index contributed by atoms with van der Waals surface area (Å²) in [5.74, 6) is -0.316. The molecule has 0 radical (unpaired) electrons. The van der Waals surface area contributed by atoms with Gasteiger partial charge in [-0.25, -0.2) is 0 Å². The molecule has 0 aromatic heterocycles. The number of phenols is 1. The Morgan fingerprint density at radius 1 is 1.43 bits per heavy atom. The van der Waals surface area contributed by atoms with Crippen LogP contribution >= 0.6 is 0 Å². The second-order valence-corrected chi connectivity index (χ2v) is 5.37. The molecular weight excluding hydrogens is 276 g/mol. The fourth-order valence-electron chi connectivity index (χ4n) is 2.71. The molecule has 7 nitrogen and oxygen atoms in total. The van der Waals surface area contributed by atoms with Crippen LogP contribution in [0.3, 0.4) is 0 Å². The topological polar surface area (TPSA) is 85.1 Å². The highest BCUT2D eigenvalue weighted by molar-refractivity contribution is 5.57. The van der Waals surface area contributed by atoms with Crippen LogP contribution < -0.4 is 4.74 Å². The maximum atomic E-state index is 11.0. The van der Waals surface area contributed by atoms with Gasteiger partial charge in [0.05, 0.1) is 24.2 Å². The van der Waals surface area contributed by atoms with Gasteiger partial charge in [-0.1, -0.05) is 0 Å². The number of hydrogen-bond donors (Lipinski definition) is 1. The average Bonchev–Trinajstić information content (AvgIpc) is 2.39. The molecule has 1 aromatic rings. The SMILES string of the molecule is COc1cc(CN2CC(C)OC(C)C2)cc([N+](=O)[O-])c1O. The maximum Gasteiger partial charge on any atom is 0.314 e. The van der Waals surface area contributed by atoms with Gasteiger partial charge in [-0.2, -0.15) is 0 Å². The van der Waals surface area contributed by atoms with Crippen molar-refractivity contribution in [1.82, 2.24) is 4.90 Å². The lowest BCUT2D eigenvalue weighted by atomic mass is 10.1. The van der Waals surface area contributed by atoms with Crippen molar-refractivity contribution in [3.8, 4) is 11.5 Å². The zero-order valence-corrected chi connectivity index (χ0v) is 12.4. The van der Waals surface area contributed by atoms with Crippen LogP contribution in [-0.4, -0.2) is 47.3 Å². The number of morpholine rings is 1. The minimum absolute atomic E-state index is 0.119. The summed E-state index contributed by atoms with van der Waals surface area (Å²) >= 11 is 0. The van der Waals surface area contributed by atoms with Crippen LogP contribution in [0.25, 0.3) is 0 Å². The number of rotatable bonds is 4. The summed E-state index contributed by atoms with van der Waals surface area (Å²) in [5, 5.41) is 20.8. The smallest absolute Gasteiger partial charge is 0.314 e. The van der Waals surface area contributed by atoms with Crippen LogP contribution in [0.15, 0.2) is 12.1 Å². The minimum atomic E-state index is -0.605. The summed E-state index contributed by atoms with van der Waals surface area (Å²) in [4.78, 5) is 12.6. The second-order valence-electron chi connectivity index (χ2n) is 5.37. The number of benzene rings is 1. The third kappa shape index (κ3) is 3.62. The molecule has 0 saturated carbocycles. The summed E-state index contributed by atoms with van der Waals surface area (Å²) in [5.41, 5.74) is 0.399. The van der Waals surface area contributed by atoms with Gasteiger partial charge < -0.3 is 14.6 Å². The number of aromatic hydroxyl groups is 1. The molecule has 7 heteroatoms. The van der Waals surface area contributed by atoms with E-state index in [1.54, 1.807) is 6.07 Å². The molecule has 1 saturated heterocycles. The number of nitrogens with zero attached hydrogens (tertiary/aromatic N) is 2.